The summed E-state index contributed by atoms with van der Waals surface area (Å²) < 4.78 is 24.7. The summed E-state index contributed by atoms with van der Waals surface area (Å²) >= 11 is 5.43. The van der Waals surface area contributed by atoms with Gasteiger partial charge in [-0.15, -0.1) is 0 Å². The third-order valence-corrected chi connectivity index (χ3v) is 3.22. The fraction of sp³-hybridized carbons (Fsp3) is 0.143. The number of carboxylic acids is 1. The summed E-state index contributed by atoms with van der Waals surface area (Å²) in [6.07, 6.45) is 0.929. The van der Waals surface area contributed by atoms with Crippen LogP contribution in [0, 0.1) is 0 Å². The highest BCUT2D eigenvalue weighted by atomic mass is 35.5. The molecule has 0 fully saturated rings. The van der Waals surface area contributed by atoms with Gasteiger partial charge in [-0.05, 0) is 6.07 Å². The Bertz CT molecular complexity index is 564. The van der Waals surface area contributed by atoms with Crippen molar-refractivity contribution in [2.24, 2.45) is 0 Å². The molecule has 0 aliphatic heterocycles. The van der Waals surface area contributed by atoms with E-state index in [1.165, 1.54) is 0 Å². The third-order valence-electron chi connectivity index (χ3n) is 1.56. The van der Waals surface area contributed by atoms with Crippen LogP contribution >= 0.6 is 11.6 Å². The van der Waals surface area contributed by atoms with E-state index in [-0.39, 0.29) is 9.92 Å². The molecule has 1 aromatic heterocycles. The van der Waals surface area contributed by atoms with Crippen molar-refractivity contribution in [2.45, 2.75) is 4.90 Å². The SMILES string of the molecule is O=C(O)CNS(=O)(=O)c1c[nH]c(=O)c(Cl)c1. The van der Waals surface area contributed by atoms with Crippen LogP contribution < -0.4 is 10.3 Å². The van der Waals surface area contributed by atoms with Gasteiger partial charge in [0.15, 0.2) is 0 Å². The second-order valence-corrected chi connectivity index (χ2v) is 4.90. The second-order valence-electron chi connectivity index (χ2n) is 2.73. The Balaban J connectivity index is 3.03. The van der Waals surface area contributed by atoms with E-state index in [1.807, 2.05) is 4.72 Å². The predicted molar refractivity (Wildman–Crippen MR) is 54.9 cm³/mol. The van der Waals surface area contributed by atoms with Crippen molar-refractivity contribution in [3.63, 3.8) is 0 Å². The molecule has 88 valence electrons. The lowest BCUT2D eigenvalue weighted by Gasteiger charge is -2.03. The summed E-state index contributed by atoms with van der Waals surface area (Å²) in [5, 5.41) is 8.02. The van der Waals surface area contributed by atoms with Gasteiger partial charge in [-0.2, -0.15) is 4.72 Å². The van der Waals surface area contributed by atoms with Crippen LogP contribution in [-0.2, 0) is 14.8 Å². The zero-order chi connectivity index (χ0) is 12.3. The topological polar surface area (TPSA) is 116 Å². The third kappa shape index (κ3) is 3.05. The van der Waals surface area contributed by atoms with Gasteiger partial charge in [0.2, 0.25) is 10.0 Å². The average Bonchev–Trinajstić information content (AvgIpc) is 2.19. The molecule has 0 aliphatic rings. The van der Waals surface area contributed by atoms with E-state index in [1.54, 1.807) is 0 Å². The molecule has 0 aromatic carbocycles. The minimum absolute atomic E-state index is 0.293. The van der Waals surface area contributed by atoms with Crippen molar-refractivity contribution < 1.29 is 18.3 Å². The number of H-pyrrole nitrogens is 1. The highest BCUT2D eigenvalue weighted by Gasteiger charge is 2.16. The molecule has 0 atom stereocenters. The standard InChI is InChI=1S/C7H7ClN2O5S/c8-5-1-4(2-9-7(5)13)16(14,15)10-3-6(11)12/h1-2,10H,3H2,(H,9,13)(H,11,12). The Labute approximate surface area is 95.1 Å². The lowest BCUT2D eigenvalue weighted by atomic mass is 10.5. The molecule has 1 heterocycles. The highest BCUT2D eigenvalue weighted by Crippen LogP contribution is 2.09. The quantitative estimate of drug-likeness (QED) is 0.672. The van der Waals surface area contributed by atoms with E-state index >= 15 is 0 Å². The molecule has 0 radical (unpaired) electrons. The second kappa shape index (κ2) is 4.64. The number of halogens is 1. The number of aliphatic carboxylic acids is 1. The first-order valence-electron chi connectivity index (χ1n) is 3.92. The minimum Gasteiger partial charge on any atom is -0.480 e. The van der Waals surface area contributed by atoms with E-state index in [0.29, 0.717) is 0 Å². The molecule has 0 saturated carbocycles. The Morgan fingerprint density at radius 2 is 2.19 bits per heavy atom. The maximum atomic E-state index is 11.4. The number of carboxylic acid groups (broad SMARTS) is 1. The molecule has 7 nitrogen and oxygen atoms in total. The maximum Gasteiger partial charge on any atom is 0.318 e. The van der Waals surface area contributed by atoms with Crippen LogP contribution in [0.5, 0.6) is 0 Å². The van der Waals surface area contributed by atoms with Crippen molar-refractivity contribution >= 4 is 27.6 Å². The van der Waals surface area contributed by atoms with Crippen molar-refractivity contribution in [2.75, 3.05) is 6.54 Å². The summed E-state index contributed by atoms with van der Waals surface area (Å²) in [5.41, 5.74) is -0.626. The average molecular weight is 267 g/mol. The highest BCUT2D eigenvalue weighted by molar-refractivity contribution is 7.89. The van der Waals surface area contributed by atoms with Gasteiger partial charge >= 0.3 is 5.97 Å². The first kappa shape index (κ1) is 12.7. The summed E-state index contributed by atoms with van der Waals surface area (Å²) in [6.45, 7) is -0.751. The van der Waals surface area contributed by atoms with E-state index in [4.69, 9.17) is 16.7 Å². The van der Waals surface area contributed by atoms with Crippen LogP contribution in [0.3, 0.4) is 0 Å². The number of hydrogen-bond acceptors (Lipinski definition) is 4. The van der Waals surface area contributed by atoms with Gasteiger partial charge in [-0.25, -0.2) is 8.42 Å². The van der Waals surface area contributed by atoms with Gasteiger partial charge < -0.3 is 10.1 Å². The number of hydrogen-bond donors (Lipinski definition) is 3. The Kier molecular flexibility index (Phi) is 3.68. The Morgan fingerprint density at radius 1 is 1.56 bits per heavy atom. The lowest BCUT2D eigenvalue weighted by Crippen LogP contribution is -2.29. The van der Waals surface area contributed by atoms with Crippen molar-refractivity contribution in [3.05, 3.63) is 27.6 Å². The molecule has 16 heavy (non-hydrogen) atoms. The number of rotatable bonds is 4. The van der Waals surface area contributed by atoms with Crippen LogP contribution in [0.2, 0.25) is 5.02 Å². The molecule has 1 rings (SSSR count). The normalized spacial score (nSPS) is 11.3. The largest absolute Gasteiger partial charge is 0.480 e. The van der Waals surface area contributed by atoms with Gasteiger partial charge in [-0.1, -0.05) is 11.6 Å². The Morgan fingerprint density at radius 3 is 2.69 bits per heavy atom. The number of pyridine rings is 1. The lowest BCUT2D eigenvalue weighted by molar-refractivity contribution is -0.135. The van der Waals surface area contributed by atoms with E-state index in [0.717, 1.165) is 12.3 Å². The van der Waals surface area contributed by atoms with Gasteiger partial charge in [0.25, 0.3) is 5.56 Å². The van der Waals surface area contributed by atoms with Crippen molar-refractivity contribution in [3.8, 4) is 0 Å². The Hall–Kier alpha value is -1.38. The van der Waals surface area contributed by atoms with E-state index in [2.05, 4.69) is 4.98 Å². The van der Waals surface area contributed by atoms with Gasteiger partial charge in [0, 0.05) is 6.20 Å². The van der Waals surface area contributed by atoms with Crippen molar-refractivity contribution in [1.29, 1.82) is 0 Å². The summed E-state index contributed by atoms with van der Waals surface area (Å²) in [5.74, 6) is -1.32. The molecule has 0 saturated heterocycles. The zero-order valence-corrected chi connectivity index (χ0v) is 9.30. The first-order valence-corrected chi connectivity index (χ1v) is 5.79. The monoisotopic (exact) mass is 266 g/mol. The molecule has 1 aromatic rings. The first-order chi connectivity index (χ1) is 7.33. The molecule has 0 spiro atoms. The number of aromatic nitrogens is 1. The summed E-state index contributed by atoms with van der Waals surface area (Å²) in [4.78, 5) is 22.9. The van der Waals surface area contributed by atoms with Crippen molar-refractivity contribution in [1.82, 2.24) is 9.71 Å². The maximum absolute atomic E-state index is 11.4. The van der Waals surface area contributed by atoms with Crippen LogP contribution in [0.15, 0.2) is 22.0 Å². The summed E-state index contributed by atoms with van der Waals surface area (Å²) in [7, 11) is -3.98. The number of carbonyl (C=O) groups is 1. The molecule has 9 heteroatoms. The number of aromatic amines is 1. The molecule has 3 N–H and O–H groups in total. The smallest absolute Gasteiger partial charge is 0.318 e. The minimum atomic E-state index is -3.98. The van der Waals surface area contributed by atoms with Crippen LogP contribution in [0.4, 0.5) is 0 Å². The van der Waals surface area contributed by atoms with E-state index < -0.39 is 28.1 Å². The molecule has 0 unspecified atom stereocenters. The predicted octanol–water partition coefficient (Wildman–Crippen LogP) is -0.609. The van der Waals surface area contributed by atoms with Gasteiger partial charge in [0.1, 0.15) is 11.6 Å². The molecule has 0 amide bonds. The van der Waals surface area contributed by atoms with Crippen LogP contribution in [-0.4, -0.2) is 31.0 Å². The van der Waals surface area contributed by atoms with Crippen LogP contribution in [0.1, 0.15) is 0 Å². The van der Waals surface area contributed by atoms with Gasteiger partial charge in [-0.3, -0.25) is 9.59 Å². The molecular formula is C7H7ClN2O5S. The molecule has 0 bridgehead atoms. The summed E-state index contributed by atoms with van der Waals surface area (Å²) in [6, 6.07) is 0.935. The molecular weight excluding hydrogens is 260 g/mol. The number of nitrogens with one attached hydrogen (secondary N) is 2. The number of sulfonamides is 1. The fourth-order valence-corrected chi connectivity index (χ4v) is 2.04. The van der Waals surface area contributed by atoms with Gasteiger partial charge in [0.05, 0.1) is 4.90 Å². The fourth-order valence-electron chi connectivity index (χ4n) is 0.833. The van der Waals surface area contributed by atoms with Crippen LogP contribution in [0.25, 0.3) is 0 Å². The zero-order valence-electron chi connectivity index (χ0n) is 7.73. The van der Waals surface area contributed by atoms with E-state index in [9.17, 15) is 18.0 Å². The molecule has 0 aliphatic carbocycles.